The summed E-state index contributed by atoms with van der Waals surface area (Å²) in [4.78, 5) is 19.0. The topological polar surface area (TPSA) is 84.7 Å². The second-order valence-corrected chi connectivity index (χ2v) is 10.9. The summed E-state index contributed by atoms with van der Waals surface area (Å²) in [6.07, 6.45) is -4.72. The van der Waals surface area contributed by atoms with E-state index in [9.17, 15) is 18.0 Å². The van der Waals surface area contributed by atoms with Crippen molar-refractivity contribution in [2.45, 2.75) is 52.9 Å². The Morgan fingerprint density at radius 2 is 1.80 bits per heavy atom. The number of aromatic nitrogens is 4. The maximum absolute atomic E-state index is 15.4. The minimum Gasteiger partial charge on any atom is -0.375 e. The van der Waals surface area contributed by atoms with Crippen molar-refractivity contribution in [3.63, 3.8) is 0 Å². The summed E-state index contributed by atoms with van der Waals surface area (Å²) in [6.45, 7) is 7.34. The fourth-order valence-electron chi connectivity index (χ4n) is 4.56. The molecule has 0 atom stereocenters. The maximum Gasteiger partial charge on any atom is 0.402 e. The first-order chi connectivity index (χ1) is 19.2. The Morgan fingerprint density at radius 1 is 1.07 bits per heavy atom. The molecule has 0 bridgehead atoms. The third-order valence-corrected chi connectivity index (χ3v) is 7.09. The van der Waals surface area contributed by atoms with Crippen LogP contribution in [0.4, 0.5) is 29.1 Å². The van der Waals surface area contributed by atoms with Gasteiger partial charge in [0.15, 0.2) is 0 Å². The van der Waals surface area contributed by atoms with Gasteiger partial charge in [0.1, 0.15) is 22.9 Å². The first-order valence-corrected chi connectivity index (χ1v) is 12.9. The third kappa shape index (κ3) is 5.06. The Bertz CT molecular complexity index is 1730. The monoisotopic (exact) mass is 568 g/mol. The largest absolute Gasteiger partial charge is 0.402 e. The average Bonchev–Trinajstić information content (AvgIpc) is 3.13. The van der Waals surface area contributed by atoms with Crippen LogP contribution in [0.5, 0.6) is 0 Å². The molecule has 1 aliphatic heterocycles. The van der Waals surface area contributed by atoms with Crippen LogP contribution in [0, 0.1) is 30.0 Å². The molecule has 0 aliphatic carbocycles. The van der Waals surface area contributed by atoms with E-state index in [1.807, 2.05) is 11.0 Å². The van der Waals surface area contributed by atoms with Crippen molar-refractivity contribution in [3.05, 3.63) is 59.2 Å². The van der Waals surface area contributed by atoms with E-state index in [0.717, 1.165) is 13.8 Å². The van der Waals surface area contributed by atoms with Gasteiger partial charge in [-0.2, -0.15) is 18.2 Å². The van der Waals surface area contributed by atoms with E-state index in [-0.39, 0.29) is 6.61 Å². The first kappa shape index (κ1) is 28.3. The molecule has 0 unspecified atom stereocenters. The number of aryl methyl sites for hydroxylation is 1. The van der Waals surface area contributed by atoms with E-state index in [0.29, 0.717) is 58.3 Å². The molecule has 0 fully saturated rings. The normalized spacial score (nSPS) is 14.4. The Morgan fingerprint density at radius 3 is 2.54 bits per heavy atom. The van der Waals surface area contributed by atoms with E-state index >= 15 is 4.39 Å². The summed E-state index contributed by atoms with van der Waals surface area (Å²) >= 11 is 0. The number of hydrogen-bond donors (Lipinski definition) is 1. The molecule has 0 spiro atoms. The fourth-order valence-corrected chi connectivity index (χ4v) is 4.56. The van der Waals surface area contributed by atoms with E-state index in [1.54, 1.807) is 35.6 Å². The lowest BCUT2D eigenvalue weighted by atomic mass is 9.90. The molecule has 2 aromatic carbocycles. The van der Waals surface area contributed by atoms with Crippen LogP contribution in [0.2, 0.25) is 0 Å². The Labute approximate surface area is 233 Å². The zero-order valence-corrected chi connectivity index (χ0v) is 23.1. The van der Waals surface area contributed by atoms with Gasteiger partial charge in [-0.25, -0.2) is 4.39 Å². The molecule has 0 radical (unpaired) electrons. The molecule has 8 nitrogen and oxygen atoms in total. The number of anilines is 2. The van der Waals surface area contributed by atoms with Crippen LogP contribution in [-0.2, 0) is 16.1 Å². The van der Waals surface area contributed by atoms with E-state index in [4.69, 9.17) is 4.74 Å². The molecule has 2 aromatic heterocycles. The molecular weight excluding hydrogens is 540 g/mol. The van der Waals surface area contributed by atoms with Crippen LogP contribution < -0.4 is 10.2 Å². The highest BCUT2D eigenvalue weighted by molar-refractivity contribution is 5.94. The van der Waals surface area contributed by atoms with Crippen molar-refractivity contribution < 1.29 is 27.1 Å². The van der Waals surface area contributed by atoms with Gasteiger partial charge in [0.05, 0.1) is 29.7 Å². The molecule has 1 N–H and O–H groups in total. The van der Waals surface area contributed by atoms with E-state index in [2.05, 4.69) is 32.3 Å². The van der Waals surface area contributed by atoms with Gasteiger partial charge in [0, 0.05) is 23.4 Å². The number of nitrogens with one attached hydrogen (secondary N) is 1. The number of halogens is 4. The number of hydrogen-bond acceptors (Lipinski definition) is 6. The maximum atomic E-state index is 15.4. The second kappa shape index (κ2) is 9.99. The average molecular weight is 569 g/mol. The number of carbonyl (C=O) groups is 1. The van der Waals surface area contributed by atoms with Gasteiger partial charge in [0.25, 0.3) is 5.78 Å². The summed E-state index contributed by atoms with van der Waals surface area (Å²) in [5, 5.41) is 11.0. The zero-order chi connectivity index (χ0) is 29.7. The smallest absolute Gasteiger partial charge is 0.375 e. The van der Waals surface area contributed by atoms with Crippen LogP contribution in [0.15, 0.2) is 36.4 Å². The van der Waals surface area contributed by atoms with E-state index < -0.39 is 28.9 Å². The van der Waals surface area contributed by atoms with Gasteiger partial charge in [-0.1, -0.05) is 24.0 Å². The highest BCUT2D eigenvalue weighted by atomic mass is 19.4. The number of fused-ring (bicyclic) bond motifs is 4. The number of benzene rings is 2. The van der Waals surface area contributed by atoms with Crippen molar-refractivity contribution in [2.24, 2.45) is 5.41 Å². The number of rotatable bonds is 3. The summed E-state index contributed by atoms with van der Waals surface area (Å²) in [5.74, 6) is 5.51. The van der Waals surface area contributed by atoms with Crippen LogP contribution in [0.3, 0.4) is 0 Å². The van der Waals surface area contributed by atoms with Crippen molar-refractivity contribution in [3.8, 4) is 11.8 Å². The van der Waals surface area contributed by atoms with Crippen LogP contribution in [0.1, 0.15) is 44.6 Å². The van der Waals surface area contributed by atoms with Gasteiger partial charge < -0.3 is 15.0 Å². The zero-order valence-electron chi connectivity index (χ0n) is 23.1. The summed E-state index contributed by atoms with van der Waals surface area (Å²) in [7, 11) is 0. The van der Waals surface area contributed by atoms with Gasteiger partial charge in [-0.15, -0.1) is 10.2 Å². The molecule has 41 heavy (non-hydrogen) atoms. The number of alkyl halides is 3. The van der Waals surface area contributed by atoms with Crippen LogP contribution in [-0.4, -0.2) is 50.4 Å². The fraction of sp³-hybridized carbons (Fsp3) is 0.379. The highest BCUT2D eigenvalue weighted by Crippen LogP contribution is 2.39. The molecule has 0 saturated heterocycles. The Kier molecular flexibility index (Phi) is 6.90. The third-order valence-electron chi connectivity index (χ3n) is 7.09. The molecule has 3 heterocycles. The van der Waals surface area contributed by atoms with Crippen molar-refractivity contribution >= 4 is 34.1 Å². The lowest BCUT2D eigenvalue weighted by molar-refractivity contribution is -0.211. The Balaban J connectivity index is 1.58. The summed E-state index contributed by atoms with van der Waals surface area (Å²) in [6, 6.07) is 10.1. The minimum atomic E-state index is -4.72. The summed E-state index contributed by atoms with van der Waals surface area (Å²) in [5.41, 5.74) is -1.36. The lowest BCUT2D eigenvalue weighted by Crippen LogP contribution is -2.53. The number of amides is 1. The van der Waals surface area contributed by atoms with Crippen LogP contribution in [0.25, 0.3) is 16.7 Å². The summed E-state index contributed by atoms with van der Waals surface area (Å²) < 4.78 is 63.0. The lowest BCUT2D eigenvalue weighted by Gasteiger charge is -2.30. The predicted octanol–water partition coefficient (Wildman–Crippen LogP) is 5.23. The molecule has 1 aliphatic rings. The molecule has 214 valence electrons. The molecule has 5 rings (SSSR count). The van der Waals surface area contributed by atoms with E-state index in [1.165, 1.54) is 19.9 Å². The van der Waals surface area contributed by atoms with Gasteiger partial charge in [-0.05, 0) is 58.9 Å². The van der Waals surface area contributed by atoms with Gasteiger partial charge in [-0.3, -0.25) is 9.20 Å². The quantitative estimate of drug-likeness (QED) is 0.269. The van der Waals surface area contributed by atoms with Gasteiger partial charge in [0.2, 0.25) is 5.91 Å². The highest BCUT2D eigenvalue weighted by Gasteiger charge is 2.53. The molecule has 1 amide bonds. The first-order valence-electron chi connectivity index (χ1n) is 12.9. The number of ether oxygens (including phenoxy) is 1. The number of nitrogens with zero attached hydrogens (tertiary/aromatic N) is 5. The second-order valence-electron chi connectivity index (χ2n) is 10.9. The Hall–Kier alpha value is -4.24. The number of carbonyl (C=O) groups excluding carboxylic acids is 1. The minimum absolute atomic E-state index is 0.192. The predicted molar refractivity (Wildman–Crippen MR) is 145 cm³/mol. The van der Waals surface area contributed by atoms with Crippen molar-refractivity contribution in [1.82, 2.24) is 24.9 Å². The molecule has 4 aromatic rings. The standard InChI is InChI=1S/C29H28F4N6O2/c1-17-36-37-26-34-24(23-20(30)9-7-11-22(23)39(17)26)38-14-15-41-16-19-18(8-6-10-21(19)38)12-13-27(2,3)35-25(40)28(4,5)29(31,32)33/h6-11H,14-16H2,1-5H3,(H,35,40). The molecule has 0 saturated carbocycles. The van der Waals surface area contributed by atoms with Crippen LogP contribution >= 0.6 is 0 Å². The van der Waals surface area contributed by atoms with Gasteiger partial charge >= 0.3 is 6.18 Å². The molecular formula is C29H28F4N6O2. The van der Waals surface area contributed by atoms with Crippen molar-refractivity contribution in [1.29, 1.82) is 0 Å². The SMILES string of the molecule is Cc1nnc2nc(N3CCOCc4c(C#CC(C)(C)NC(=O)C(C)(C)C(F)(F)F)cccc43)c3c(F)cccc3n12. The van der Waals surface area contributed by atoms with Crippen molar-refractivity contribution in [2.75, 3.05) is 18.1 Å². The molecule has 12 heteroatoms.